The maximum Gasteiger partial charge on any atom is 0.342 e. The Hall–Kier alpha value is -3.42. The number of hydrogen-bond donors (Lipinski definition) is 0. The summed E-state index contributed by atoms with van der Waals surface area (Å²) in [5.74, 6) is 1.84. The van der Waals surface area contributed by atoms with E-state index in [9.17, 15) is 4.79 Å². The van der Waals surface area contributed by atoms with Crippen LogP contribution < -0.4 is 18.9 Å². The Morgan fingerprint density at radius 1 is 0.974 bits per heavy atom. The predicted molar refractivity (Wildman–Crippen MR) is 147 cm³/mol. The standard InChI is InChI=1S/C30H40N2O6/c1-6-38-30(33)28-21(12-13-25(34-2)29(28)37-5)16-24-23-18-27(36-4)26(35-3)17-20(23)14-15-32(24)19-31-22-10-8-7-9-11-22/h12-13,17-19,22,24H,6-11,14-16H2,1-5H3/t24-/m0/s1. The topological polar surface area (TPSA) is 78.8 Å². The quantitative estimate of drug-likeness (QED) is 0.234. The molecule has 1 fully saturated rings. The molecule has 0 spiro atoms. The summed E-state index contributed by atoms with van der Waals surface area (Å²) < 4.78 is 27.8. The highest BCUT2D eigenvalue weighted by molar-refractivity contribution is 5.95. The van der Waals surface area contributed by atoms with Crippen LogP contribution in [0.15, 0.2) is 29.3 Å². The number of methoxy groups -OCH3 is 4. The molecule has 1 heterocycles. The molecule has 1 aliphatic carbocycles. The number of esters is 1. The molecule has 0 saturated heterocycles. The number of nitrogens with zero attached hydrogens (tertiary/aromatic N) is 2. The van der Waals surface area contributed by atoms with E-state index in [0.717, 1.165) is 36.9 Å². The second-order valence-electron chi connectivity index (χ2n) is 9.73. The van der Waals surface area contributed by atoms with Gasteiger partial charge in [-0.05, 0) is 67.5 Å². The van der Waals surface area contributed by atoms with Gasteiger partial charge in [-0.15, -0.1) is 0 Å². The molecule has 2 aliphatic rings. The lowest BCUT2D eigenvalue weighted by Crippen LogP contribution is -2.36. The first-order chi connectivity index (χ1) is 18.5. The normalized spacial score (nSPS) is 17.7. The minimum atomic E-state index is -0.427. The van der Waals surface area contributed by atoms with Crippen LogP contribution in [-0.4, -0.2) is 64.8 Å². The zero-order valence-corrected chi connectivity index (χ0v) is 23.2. The molecular formula is C30H40N2O6. The van der Waals surface area contributed by atoms with E-state index in [0.29, 0.717) is 41.0 Å². The smallest absolute Gasteiger partial charge is 0.342 e. The van der Waals surface area contributed by atoms with Crippen LogP contribution in [0.1, 0.15) is 72.1 Å². The van der Waals surface area contributed by atoms with Gasteiger partial charge in [0, 0.05) is 6.54 Å². The average molecular weight is 525 g/mol. The number of hydrogen-bond acceptors (Lipinski definition) is 7. The molecule has 1 atom stereocenters. The summed E-state index contributed by atoms with van der Waals surface area (Å²) in [5.41, 5.74) is 3.55. The molecule has 0 bridgehead atoms. The van der Waals surface area contributed by atoms with Crippen LogP contribution in [-0.2, 0) is 17.6 Å². The van der Waals surface area contributed by atoms with Crippen LogP contribution >= 0.6 is 0 Å². The van der Waals surface area contributed by atoms with E-state index in [2.05, 4.69) is 17.0 Å². The third-order valence-corrected chi connectivity index (χ3v) is 7.57. The van der Waals surface area contributed by atoms with Crippen LogP contribution in [0, 0.1) is 0 Å². The number of ether oxygens (including phenoxy) is 5. The van der Waals surface area contributed by atoms with Crippen molar-refractivity contribution >= 4 is 12.3 Å². The van der Waals surface area contributed by atoms with E-state index in [1.54, 1.807) is 35.4 Å². The SMILES string of the molecule is CCOC(=O)c1c(C[C@H]2c3cc(OC)c(OC)cc3CCN2C=NC2CCCCC2)ccc(OC)c1OC. The Balaban J connectivity index is 1.79. The van der Waals surface area contributed by atoms with Crippen LogP contribution in [0.5, 0.6) is 23.0 Å². The molecule has 1 aliphatic heterocycles. The lowest BCUT2D eigenvalue weighted by molar-refractivity contribution is 0.0520. The first-order valence-corrected chi connectivity index (χ1v) is 13.5. The predicted octanol–water partition coefficient (Wildman–Crippen LogP) is 5.40. The zero-order valence-electron chi connectivity index (χ0n) is 23.2. The van der Waals surface area contributed by atoms with Crippen molar-refractivity contribution < 1.29 is 28.5 Å². The van der Waals surface area contributed by atoms with Gasteiger partial charge in [0.15, 0.2) is 23.0 Å². The van der Waals surface area contributed by atoms with E-state index in [4.69, 9.17) is 28.7 Å². The van der Waals surface area contributed by atoms with E-state index >= 15 is 0 Å². The number of carbonyl (C=O) groups is 1. The molecule has 1 saturated carbocycles. The first-order valence-electron chi connectivity index (χ1n) is 13.5. The number of benzene rings is 2. The van der Waals surface area contributed by atoms with Gasteiger partial charge in [0.1, 0.15) is 5.56 Å². The Morgan fingerprint density at radius 2 is 1.68 bits per heavy atom. The van der Waals surface area contributed by atoms with E-state index in [1.807, 2.05) is 18.5 Å². The molecule has 206 valence electrons. The van der Waals surface area contributed by atoms with Crippen molar-refractivity contribution in [1.29, 1.82) is 0 Å². The van der Waals surface area contributed by atoms with Crippen LogP contribution in [0.2, 0.25) is 0 Å². The monoisotopic (exact) mass is 524 g/mol. The lowest BCUT2D eigenvalue weighted by atomic mass is 9.87. The minimum absolute atomic E-state index is 0.0721. The van der Waals surface area contributed by atoms with Crippen molar-refractivity contribution in [3.8, 4) is 23.0 Å². The highest BCUT2D eigenvalue weighted by Gasteiger charge is 2.31. The van der Waals surface area contributed by atoms with Gasteiger partial charge in [0.25, 0.3) is 0 Å². The summed E-state index contributed by atoms with van der Waals surface area (Å²) >= 11 is 0. The minimum Gasteiger partial charge on any atom is -0.493 e. The number of carbonyl (C=O) groups excluding carboxylic acids is 1. The third kappa shape index (κ3) is 5.84. The van der Waals surface area contributed by atoms with Crippen molar-refractivity contribution in [2.75, 3.05) is 41.6 Å². The fraction of sp³-hybridized carbons (Fsp3) is 0.533. The highest BCUT2D eigenvalue weighted by Crippen LogP contribution is 2.41. The molecule has 0 N–H and O–H groups in total. The molecule has 4 rings (SSSR count). The molecule has 0 aromatic heterocycles. The van der Waals surface area contributed by atoms with Gasteiger partial charge in [-0.3, -0.25) is 4.99 Å². The second kappa shape index (κ2) is 12.9. The lowest BCUT2D eigenvalue weighted by Gasteiger charge is -2.37. The van der Waals surface area contributed by atoms with Crippen molar-refractivity contribution in [3.63, 3.8) is 0 Å². The second-order valence-corrected chi connectivity index (χ2v) is 9.73. The Labute approximate surface area is 225 Å². The Bertz CT molecular complexity index is 1140. The van der Waals surface area contributed by atoms with Crippen molar-refractivity contribution in [2.24, 2.45) is 4.99 Å². The summed E-state index contributed by atoms with van der Waals surface area (Å²) in [6.07, 6.45) is 9.49. The molecule has 2 aromatic carbocycles. The fourth-order valence-electron chi connectivity index (χ4n) is 5.60. The molecule has 0 unspecified atom stereocenters. The molecule has 38 heavy (non-hydrogen) atoms. The van der Waals surface area contributed by atoms with E-state index in [-0.39, 0.29) is 12.6 Å². The fourth-order valence-corrected chi connectivity index (χ4v) is 5.60. The van der Waals surface area contributed by atoms with Crippen LogP contribution in [0.3, 0.4) is 0 Å². The maximum absolute atomic E-state index is 13.2. The summed E-state index contributed by atoms with van der Waals surface area (Å²) in [4.78, 5) is 20.5. The summed E-state index contributed by atoms with van der Waals surface area (Å²) in [7, 11) is 6.41. The van der Waals surface area contributed by atoms with Crippen LogP contribution in [0.4, 0.5) is 0 Å². The van der Waals surface area contributed by atoms with E-state index in [1.165, 1.54) is 24.8 Å². The summed E-state index contributed by atoms with van der Waals surface area (Å²) in [6.45, 7) is 2.87. The van der Waals surface area contributed by atoms with Gasteiger partial charge >= 0.3 is 5.97 Å². The largest absolute Gasteiger partial charge is 0.493 e. The van der Waals surface area contributed by atoms with E-state index < -0.39 is 5.97 Å². The van der Waals surface area contributed by atoms with Gasteiger partial charge in [0.2, 0.25) is 0 Å². The Morgan fingerprint density at radius 3 is 2.34 bits per heavy atom. The zero-order chi connectivity index (χ0) is 27.1. The molecular weight excluding hydrogens is 484 g/mol. The molecule has 2 aromatic rings. The summed E-state index contributed by atoms with van der Waals surface area (Å²) in [6, 6.07) is 8.20. The van der Waals surface area contributed by atoms with Gasteiger partial charge < -0.3 is 28.6 Å². The van der Waals surface area contributed by atoms with Crippen molar-refractivity contribution in [3.05, 3.63) is 46.5 Å². The average Bonchev–Trinajstić information content (AvgIpc) is 2.96. The number of rotatable bonds is 10. The highest BCUT2D eigenvalue weighted by atomic mass is 16.5. The van der Waals surface area contributed by atoms with Crippen molar-refractivity contribution in [2.45, 2.75) is 64.0 Å². The van der Waals surface area contributed by atoms with Crippen LogP contribution in [0.25, 0.3) is 0 Å². The summed E-state index contributed by atoms with van der Waals surface area (Å²) in [5, 5.41) is 0. The van der Waals surface area contributed by atoms with Gasteiger partial charge in [-0.25, -0.2) is 4.79 Å². The maximum atomic E-state index is 13.2. The number of aliphatic imine (C=N–C) groups is 1. The Kier molecular flexibility index (Phi) is 9.37. The molecule has 8 nitrogen and oxygen atoms in total. The van der Waals surface area contributed by atoms with Crippen molar-refractivity contribution in [1.82, 2.24) is 4.90 Å². The van der Waals surface area contributed by atoms with Gasteiger partial charge in [-0.2, -0.15) is 0 Å². The molecule has 0 amide bonds. The third-order valence-electron chi connectivity index (χ3n) is 7.57. The molecule has 0 radical (unpaired) electrons. The molecule has 8 heteroatoms. The van der Waals surface area contributed by atoms with Gasteiger partial charge in [-0.1, -0.05) is 25.3 Å². The van der Waals surface area contributed by atoms with Gasteiger partial charge in [0.05, 0.1) is 53.5 Å². The number of fused-ring (bicyclic) bond motifs is 1. The first kappa shape index (κ1) is 27.6.